The van der Waals surface area contributed by atoms with Gasteiger partial charge in [-0.1, -0.05) is 0 Å². The van der Waals surface area contributed by atoms with Crippen molar-refractivity contribution in [2.75, 3.05) is 21.3 Å². The average molecular weight is 325 g/mol. The van der Waals surface area contributed by atoms with E-state index in [0.29, 0.717) is 17.7 Å². The molecular formula is C15H19NO7. The van der Waals surface area contributed by atoms with E-state index in [0.717, 1.165) is 5.56 Å². The number of carbonyl (C=O) groups is 1. The Morgan fingerprint density at radius 2 is 2.09 bits per heavy atom. The van der Waals surface area contributed by atoms with Gasteiger partial charge in [-0.2, -0.15) is 0 Å². The van der Waals surface area contributed by atoms with Gasteiger partial charge in [-0.3, -0.25) is 14.9 Å². The monoisotopic (exact) mass is 325 g/mol. The number of rotatable bonds is 5. The van der Waals surface area contributed by atoms with Gasteiger partial charge in [0.2, 0.25) is 5.75 Å². The van der Waals surface area contributed by atoms with E-state index in [2.05, 4.69) is 4.74 Å². The minimum Gasteiger partial charge on any atom is -0.496 e. The maximum absolute atomic E-state index is 11.5. The van der Waals surface area contributed by atoms with Crippen LogP contribution in [-0.4, -0.2) is 38.3 Å². The third-order valence-corrected chi connectivity index (χ3v) is 3.85. The molecule has 1 aliphatic heterocycles. The van der Waals surface area contributed by atoms with Crippen LogP contribution >= 0.6 is 0 Å². The van der Waals surface area contributed by atoms with E-state index in [1.54, 1.807) is 6.92 Å². The van der Waals surface area contributed by atoms with E-state index in [-0.39, 0.29) is 29.9 Å². The van der Waals surface area contributed by atoms with Crippen LogP contribution in [0.5, 0.6) is 11.5 Å². The first kappa shape index (κ1) is 17.0. The highest BCUT2D eigenvalue weighted by molar-refractivity contribution is 5.70. The van der Waals surface area contributed by atoms with Gasteiger partial charge < -0.3 is 18.9 Å². The molecule has 1 heterocycles. The van der Waals surface area contributed by atoms with E-state index in [9.17, 15) is 14.9 Å². The predicted molar refractivity (Wildman–Crippen MR) is 79.8 cm³/mol. The van der Waals surface area contributed by atoms with E-state index in [4.69, 9.17) is 14.2 Å². The number of benzene rings is 1. The lowest BCUT2D eigenvalue weighted by Crippen LogP contribution is -2.28. The lowest BCUT2D eigenvalue weighted by molar-refractivity contribution is -0.386. The summed E-state index contributed by atoms with van der Waals surface area (Å²) in [6.07, 6.45) is -0.378. The van der Waals surface area contributed by atoms with Gasteiger partial charge in [0.05, 0.1) is 50.9 Å². The summed E-state index contributed by atoms with van der Waals surface area (Å²) in [5, 5.41) is 11.3. The molecule has 0 N–H and O–H groups in total. The van der Waals surface area contributed by atoms with E-state index >= 15 is 0 Å². The van der Waals surface area contributed by atoms with Crippen molar-refractivity contribution in [2.45, 2.75) is 32.0 Å². The SMILES string of the molecule is COC(=O)C[C@H]1Cc2c(OC)cc([N+](=O)[O-])c(OC)c2[C@@H](C)O1. The number of methoxy groups -OCH3 is 3. The summed E-state index contributed by atoms with van der Waals surface area (Å²) in [5.41, 5.74) is 1.16. The summed E-state index contributed by atoms with van der Waals surface area (Å²) in [6.45, 7) is 1.76. The number of nitro benzene ring substituents is 1. The van der Waals surface area contributed by atoms with Gasteiger partial charge in [-0.15, -0.1) is 0 Å². The molecule has 0 radical (unpaired) electrons. The summed E-state index contributed by atoms with van der Waals surface area (Å²) >= 11 is 0. The molecule has 8 heteroatoms. The molecule has 1 aliphatic rings. The Morgan fingerprint density at radius 1 is 1.39 bits per heavy atom. The van der Waals surface area contributed by atoms with Gasteiger partial charge in [0, 0.05) is 17.5 Å². The zero-order valence-electron chi connectivity index (χ0n) is 13.5. The Labute approximate surface area is 133 Å². The van der Waals surface area contributed by atoms with Crippen molar-refractivity contribution in [3.05, 3.63) is 27.3 Å². The summed E-state index contributed by atoms with van der Waals surface area (Å²) in [5.74, 6) is 0.172. The first-order valence-electron chi connectivity index (χ1n) is 7.07. The lowest BCUT2D eigenvalue weighted by atomic mass is 9.91. The van der Waals surface area contributed by atoms with Gasteiger partial charge in [-0.05, 0) is 6.92 Å². The first-order chi connectivity index (χ1) is 10.9. The highest BCUT2D eigenvalue weighted by Gasteiger charge is 2.35. The normalized spacial score (nSPS) is 19.7. The van der Waals surface area contributed by atoms with Crippen LogP contribution in [0.15, 0.2) is 6.07 Å². The molecule has 0 saturated carbocycles. The molecule has 126 valence electrons. The van der Waals surface area contributed by atoms with E-state index in [1.165, 1.54) is 27.4 Å². The number of nitrogens with zero attached hydrogens (tertiary/aromatic N) is 1. The highest BCUT2D eigenvalue weighted by Crippen LogP contribution is 2.46. The number of hydrogen-bond donors (Lipinski definition) is 0. The molecule has 0 saturated heterocycles. The second-order valence-electron chi connectivity index (χ2n) is 5.17. The second kappa shape index (κ2) is 6.82. The zero-order valence-corrected chi connectivity index (χ0v) is 13.5. The fourth-order valence-electron chi connectivity index (χ4n) is 2.88. The summed E-state index contributed by atoms with van der Waals surface area (Å²) in [4.78, 5) is 22.2. The summed E-state index contributed by atoms with van der Waals surface area (Å²) < 4.78 is 21.0. The van der Waals surface area contributed by atoms with Gasteiger partial charge in [-0.25, -0.2) is 0 Å². The maximum Gasteiger partial charge on any atom is 0.315 e. The zero-order chi connectivity index (χ0) is 17.1. The van der Waals surface area contributed by atoms with E-state index < -0.39 is 11.0 Å². The molecule has 0 fully saturated rings. The molecule has 23 heavy (non-hydrogen) atoms. The molecule has 0 bridgehead atoms. The topological polar surface area (TPSA) is 97.1 Å². The fourth-order valence-corrected chi connectivity index (χ4v) is 2.88. The highest BCUT2D eigenvalue weighted by atomic mass is 16.6. The molecule has 0 unspecified atom stereocenters. The minimum atomic E-state index is -0.519. The number of hydrogen-bond acceptors (Lipinski definition) is 7. The quantitative estimate of drug-likeness (QED) is 0.465. The molecule has 0 spiro atoms. The standard InChI is InChI=1S/C15H19NO7/c1-8-14-10(5-9(23-8)6-13(17)21-3)12(20-2)7-11(16(18)19)15(14)22-4/h7-9H,5-6H2,1-4H3/t8-,9-/m1/s1. The van der Waals surface area contributed by atoms with Crippen LogP contribution in [0.2, 0.25) is 0 Å². The third kappa shape index (κ3) is 3.21. The molecule has 2 rings (SSSR count). The first-order valence-corrected chi connectivity index (χ1v) is 7.07. The van der Waals surface area contributed by atoms with Gasteiger partial charge >= 0.3 is 11.7 Å². The molecule has 1 aromatic carbocycles. The molecule has 0 amide bonds. The summed E-state index contributed by atoms with van der Waals surface area (Å²) in [6, 6.07) is 1.34. The van der Waals surface area contributed by atoms with Crippen LogP contribution in [-0.2, 0) is 20.7 Å². The van der Waals surface area contributed by atoms with Crippen LogP contribution in [0.1, 0.15) is 30.6 Å². The number of carbonyl (C=O) groups excluding carboxylic acids is 1. The van der Waals surface area contributed by atoms with Gasteiger partial charge in [0.15, 0.2) is 0 Å². The smallest absolute Gasteiger partial charge is 0.315 e. The maximum atomic E-state index is 11.5. The third-order valence-electron chi connectivity index (χ3n) is 3.85. The second-order valence-corrected chi connectivity index (χ2v) is 5.17. The van der Waals surface area contributed by atoms with Gasteiger partial charge in [0.25, 0.3) is 0 Å². The van der Waals surface area contributed by atoms with Crippen LogP contribution < -0.4 is 9.47 Å². The number of ether oxygens (including phenoxy) is 4. The van der Waals surface area contributed by atoms with Crippen LogP contribution in [0, 0.1) is 10.1 Å². The number of nitro groups is 1. The van der Waals surface area contributed by atoms with Crippen LogP contribution in [0.3, 0.4) is 0 Å². The molecule has 2 atom stereocenters. The molecular weight excluding hydrogens is 306 g/mol. The van der Waals surface area contributed by atoms with Crippen LogP contribution in [0.4, 0.5) is 5.69 Å². The molecule has 0 aromatic heterocycles. The van der Waals surface area contributed by atoms with Crippen molar-refractivity contribution >= 4 is 11.7 Å². The van der Waals surface area contributed by atoms with Crippen molar-refractivity contribution in [1.29, 1.82) is 0 Å². The van der Waals surface area contributed by atoms with Gasteiger partial charge in [0.1, 0.15) is 5.75 Å². The van der Waals surface area contributed by atoms with Crippen molar-refractivity contribution in [2.24, 2.45) is 0 Å². The number of esters is 1. The van der Waals surface area contributed by atoms with Crippen molar-refractivity contribution < 1.29 is 28.7 Å². The minimum absolute atomic E-state index is 0.0999. The van der Waals surface area contributed by atoms with E-state index in [1.807, 2.05) is 0 Å². The Kier molecular flexibility index (Phi) is 5.05. The van der Waals surface area contributed by atoms with Crippen molar-refractivity contribution in [3.63, 3.8) is 0 Å². The van der Waals surface area contributed by atoms with Crippen molar-refractivity contribution in [1.82, 2.24) is 0 Å². The predicted octanol–water partition coefficient (Wildman–Crippen LogP) is 2.18. The Morgan fingerprint density at radius 3 is 2.61 bits per heavy atom. The molecule has 1 aromatic rings. The van der Waals surface area contributed by atoms with Crippen molar-refractivity contribution in [3.8, 4) is 11.5 Å². The Balaban J connectivity index is 2.52. The number of fused-ring (bicyclic) bond motifs is 1. The van der Waals surface area contributed by atoms with Crippen LogP contribution in [0.25, 0.3) is 0 Å². The largest absolute Gasteiger partial charge is 0.496 e. The Bertz CT molecular complexity index is 629. The molecule has 0 aliphatic carbocycles. The summed E-state index contributed by atoms with van der Waals surface area (Å²) in [7, 11) is 4.14. The molecule has 8 nitrogen and oxygen atoms in total. The lowest BCUT2D eigenvalue weighted by Gasteiger charge is -2.31. The fraction of sp³-hybridized carbons (Fsp3) is 0.533. The Hall–Kier alpha value is -2.35. The average Bonchev–Trinajstić information content (AvgIpc) is 2.52.